The van der Waals surface area contributed by atoms with Crippen molar-refractivity contribution < 1.29 is 0 Å². The van der Waals surface area contributed by atoms with Gasteiger partial charge in [0.25, 0.3) is 0 Å². The Labute approximate surface area is 117 Å². The van der Waals surface area contributed by atoms with Crippen LogP contribution >= 0.6 is 0 Å². The average Bonchev–Trinajstić information content (AvgIpc) is 2.39. The summed E-state index contributed by atoms with van der Waals surface area (Å²) >= 11 is 0. The van der Waals surface area contributed by atoms with Gasteiger partial charge in [-0.1, -0.05) is 19.9 Å². The molecule has 1 atom stereocenters. The minimum absolute atomic E-state index is 0.625. The maximum absolute atomic E-state index is 4.81. The van der Waals surface area contributed by atoms with Gasteiger partial charge in [-0.3, -0.25) is 0 Å². The highest BCUT2D eigenvalue weighted by Crippen LogP contribution is 2.22. The summed E-state index contributed by atoms with van der Waals surface area (Å²) in [6.07, 6.45) is 3.94. The first-order chi connectivity index (χ1) is 9.16. The molecule has 0 saturated carbocycles. The van der Waals surface area contributed by atoms with E-state index < -0.39 is 0 Å². The molecule has 1 fully saturated rings. The van der Waals surface area contributed by atoms with E-state index in [4.69, 9.17) is 4.98 Å². The molecule has 0 bridgehead atoms. The van der Waals surface area contributed by atoms with Gasteiger partial charge in [-0.25, -0.2) is 4.98 Å². The molecule has 1 N–H and O–H groups in total. The maximum Gasteiger partial charge on any atom is 0.129 e. The molecule has 2 rings (SSSR count). The van der Waals surface area contributed by atoms with Crippen molar-refractivity contribution in [3.05, 3.63) is 23.9 Å². The molecular formula is C16H27N3. The van der Waals surface area contributed by atoms with Gasteiger partial charge in [0.1, 0.15) is 5.82 Å². The first kappa shape index (κ1) is 14.3. The molecule has 0 amide bonds. The second-order valence-corrected chi connectivity index (χ2v) is 6.05. The molecule has 106 valence electrons. The third kappa shape index (κ3) is 4.20. The van der Waals surface area contributed by atoms with Crippen LogP contribution in [0.1, 0.15) is 45.7 Å². The van der Waals surface area contributed by atoms with Crippen molar-refractivity contribution in [2.75, 3.05) is 18.0 Å². The zero-order chi connectivity index (χ0) is 13.7. The lowest BCUT2D eigenvalue weighted by Crippen LogP contribution is -2.38. The van der Waals surface area contributed by atoms with Crippen molar-refractivity contribution in [2.45, 2.75) is 52.6 Å². The molecule has 0 aliphatic carbocycles. The number of pyridine rings is 1. The maximum atomic E-state index is 4.81. The summed E-state index contributed by atoms with van der Waals surface area (Å²) in [5.41, 5.74) is 1.15. The number of hydrogen-bond donors (Lipinski definition) is 1. The van der Waals surface area contributed by atoms with E-state index in [-0.39, 0.29) is 0 Å². The van der Waals surface area contributed by atoms with Gasteiger partial charge in [0, 0.05) is 19.1 Å². The molecule has 1 aliphatic heterocycles. The Balaban J connectivity index is 1.98. The first-order valence-corrected chi connectivity index (χ1v) is 7.60. The summed E-state index contributed by atoms with van der Waals surface area (Å²) in [5, 5.41) is 3.46. The zero-order valence-electron chi connectivity index (χ0n) is 12.5. The van der Waals surface area contributed by atoms with Crippen LogP contribution in [0.25, 0.3) is 0 Å². The zero-order valence-corrected chi connectivity index (χ0v) is 12.5. The molecule has 1 saturated heterocycles. The van der Waals surface area contributed by atoms with Crippen LogP contribution in [-0.4, -0.2) is 24.1 Å². The Kier molecular flexibility index (Phi) is 5.20. The smallest absolute Gasteiger partial charge is 0.129 e. The average molecular weight is 261 g/mol. The Morgan fingerprint density at radius 1 is 1.37 bits per heavy atom. The van der Waals surface area contributed by atoms with Gasteiger partial charge in [-0.15, -0.1) is 0 Å². The molecule has 3 nitrogen and oxygen atoms in total. The van der Waals surface area contributed by atoms with Gasteiger partial charge in [-0.05, 0) is 50.8 Å². The molecular weight excluding hydrogens is 234 g/mol. The summed E-state index contributed by atoms with van der Waals surface area (Å²) in [4.78, 5) is 7.26. The molecule has 0 spiro atoms. The first-order valence-electron chi connectivity index (χ1n) is 7.60. The normalized spacial score (nSPS) is 20.0. The molecule has 19 heavy (non-hydrogen) atoms. The van der Waals surface area contributed by atoms with Gasteiger partial charge in [0.2, 0.25) is 0 Å². The van der Waals surface area contributed by atoms with Crippen LogP contribution in [0.5, 0.6) is 0 Å². The van der Waals surface area contributed by atoms with Crippen LogP contribution in [0.4, 0.5) is 5.82 Å². The summed E-state index contributed by atoms with van der Waals surface area (Å²) in [7, 11) is 0. The molecule has 0 radical (unpaired) electrons. The number of anilines is 1. The molecule has 1 aromatic heterocycles. The lowest BCUT2D eigenvalue weighted by atomic mass is 10.0. The highest BCUT2D eigenvalue weighted by atomic mass is 15.2. The van der Waals surface area contributed by atoms with Crippen LogP contribution in [-0.2, 0) is 6.54 Å². The third-order valence-electron chi connectivity index (χ3n) is 3.75. The van der Waals surface area contributed by atoms with E-state index in [0.29, 0.717) is 12.0 Å². The number of nitrogens with zero attached hydrogens (tertiary/aromatic N) is 2. The summed E-state index contributed by atoms with van der Waals surface area (Å²) < 4.78 is 0. The van der Waals surface area contributed by atoms with E-state index in [1.54, 1.807) is 0 Å². The lowest BCUT2D eigenvalue weighted by Gasteiger charge is -2.34. The van der Waals surface area contributed by atoms with Crippen LogP contribution in [0, 0.1) is 5.92 Å². The van der Waals surface area contributed by atoms with Crippen LogP contribution in [0.3, 0.4) is 0 Å². The summed E-state index contributed by atoms with van der Waals surface area (Å²) in [6, 6.07) is 7.02. The molecule has 2 heterocycles. The predicted molar refractivity (Wildman–Crippen MR) is 81.4 cm³/mol. The fourth-order valence-electron chi connectivity index (χ4n) is 2.65. The van der Waals surface area contributed by atoms with E-state index >= 15 is 0 Å². The van der Waals surface area contributed by atoms with Crippen molar-refractivity contribution in [2.24, 2.45) is 5.92 Å². The Bertz CT molecular complexity index is 389. The number of piperidine rings is 1. The predicted octanol–water partition coefficient (Wildman–Crippen LogP) is 3.21. The van der Waals surface area contributed by atoms with E-state index in [2.05, 4.69) is 49.2 Å². The fourth-order valence-corrected chi connectivity index (χ4v) is 2.65. The highest BCUT2D eigenvalue weighted by molar-refractivity contribution is 5.40. The van der Waals surface area contributed by atoms with Crippen LogP contribution < -0.4 is 10.2 Å². The Hall–Kier alpha value is -1.09. The Morgan fingerprint density at radius 3 is 2.95 bits per heavy atom. The van der Waals surface area contributed by atoms with E-state index in [1.807, 2.05) is 0 Å². The molecule has 0 aromatic carbocycles. The number of hydrogen-bond acceptors (Lipinski definition) is 3. The number of nitrogens with one attached hydrogen (secondary N) is 1. The molecule has 1 aliphatic rings. The fraction of sp³-hybridized carbons (Fsp3) is 0.688. The molecule has 3 heteroatoms. The third-order valence-corrected chi connectivity index (χ3v) is 3.75. The summed E-state index contributed by atoms with van der Waals surface area (Å²) in [6.45, 7) is 9.83. The van der Waals surface area contributed by atoms with Gasteiger partial charge in [0.05, 0.1) is 5.69 Å². The second-order valence-electron chi connectivity index (χ2n) is 6.05. The van der Waals surface area contributed by atoms with E-state index in [9.17, 15) is 0 Å². The monoisotopic (exact) mass is 261 g/mol. The lowest BCUT2D eigenvalue weighted by molar-refractivity contribution is 0.480. The van der Waals surface area contributed by atoms with E-state index in [1.165, 1.54) is 19.3 Å². The van der Waals surface area contributed by atoms with Crippen molar-refractivity contribution in [3.8, 4) is 0 Å². The topological polar surface area (TPSA) is 28.2 Å². The van der Waals surface area contributed by atoms with E-state index in [0.717, 1.165) is 31.1 Å². The number of aromatic nitrogens is 1. The van der Waals surface area contributed by atoms with Crippen LogP contribution in [0.2, 0.25) is 0 Å². The van der Waals surface area contributed by atoms with Gasteiger partial charge in [-0.2, -0.15) is 0 Å². The summed E-state index contributed by atoms with van der Waals surface area (Å²) in [5.74, 6) is 1.83. The minimum atomic E-state index is 0.625. The van der Waals surface area contributed by atoms with Gasteiger partial charge in [0.15, 0.2) is 0 Å². The Morgan fingerprint density at radius 2 is 2.21 bits per heavy atom. The molecule has 1 aromatic rings. The number of rotatable bonds is 5. The minimum Gasteiger partial charge on any atom is -0.354 e. The highest BCUT2D eigenvalue weighted by Gasteiger charge is 2.19. The quantitative estimate of drug-likeness (QED) is 0.882. The van der Waals surface area contributed by atoms with Crippen molar-refractivity contribution in [3.63, 3.8) is 0 Å². The van der Waals surface area contributed by atoms with Crippen molar-refractivity contribution in [1.82, 2.24) is 10.3 Å². The van der Waals surface area contributed by atoms with Gasteiger partial charge >= 0.3 is 0 Å². The largest absolute Gasteiger partial charge is 0.354 e. The van der Waals surface area contributed by atoms with Gasteiger partial charge < -0.3 is 10.2 Å². The van der Waals surface area contributed by atoms with Crippen molar-refractivity contribution >= 4 is 5.82 Å². The SMILES string of the molecule is CC(C)CNCc1cccc(N2CCCCC2C)n1. The second kappa shape index (κ2) is 6.90. The standard InChI is InChI=1S/C16H27N3/c1-13(2)11-17-12-15-8-6-9-16(18-15)19-10-5-4-7-14(19)3/h6,8-9,13-14,17H,4-5,7,10-12H2,1-3H3. The molecule has 1 unspecified atom stereocenters. The van der Waals surface area contributed by atoms with Crippen molar-refractivity contribution in [1.29, 1.82) is 0 Å². The van der Waals surface area contributed by atoms with Crippen LogP contribution in [0.15, 0.2) is 18.2 Å².